The van der Waals surface area contributed by atoms with Gasteiger partial charge in [0, 0.05) is 6.54 Å². The van der Waals surface area contributed by atoms with Crippen molar-refractivity contribution in [2.45, 2.75) is 32.2 Å². The molecular formula is C14H22N2O3. The monoisotopic (exact) mass is 266 g/mol. The zero-order chi connectivity index (χ0) is 14.5. The molecule has 0 heterocycles. The second-order valence-corrected chi connectivity index (χ2v) is 4.53. The lowest BCUT2D eigenvalue weighted by atomic mass is 9.92. The molecule has 19 heavy (non-hydrogen) atoms. The molecule has 0 saturated carbocycles. The number of nitrogens with two attached hydrogens (primary N) is 1. The summed E-state index contributed by atoms with van der Waals surface area (Å²) < 4.78 is 5.05. The molecule has 0 unspecified atom stereocenters. The van der Waals surface area contributed by atoms with Crippen LogP contribution in [0.15, 0.2) is 18.2 Å². The van der Waals surface area contributed by atoms with E-state index in [1.54, 1.807) is 6.07 Å². The molecule has 0 saturated heterocycles. The number of hydrogen-bond donors (Lipinski definition) is 3. The van der Waals surface area contributed by atoms with Crippen molar-refractivity contribution < 1.29 is 14.6 Å². The Labute approximate surface area is 113 Å². The molecule has 106 valence electrons. The number of rotatable bonds is 6. The summed E-state index contributed by atoms with van der Waals surface area (Å²) in [6, 6.07) is 4.55. The summed E-state index contributed by atoms with van der Waals surface area (Å²) in [7, 11) is 1.51. The van der Waals surface area contributed by atoms with Gasteiger partial charge in [-0.2, -0.15) is 0 Å². The number of methoxy groups -OCH3 is 1. The Morgan fingerprint density at radius 2 is 2.05 bits per heavy atom. The Kier molecular flexibility index (Phi) is 5.18. The van der Waals surface area contributed by atoms with E-state index in [1.807, 2.05) is 13.8 Å². The summed E-state index contributed by atoms with van der Waals surface area (Å²) in [4.78, 5) is 12.2. The standard InChI is InChI=1S/C14H22N2O3/c1-4-14(5-2,9-15)16-13(18)11-8-10(19-3)6-7-12(11)17/h6-8,17H,4-5,9,15H2,1-3H3,(H,16,18). The van der Waals surface area contributed by atoms with Crippen molar-refractivity contribution in [3.8, 4) is 11.5 Å². The quantitative estimate of drug-likeness (QED) is 0.731. The van der Waals surface area contributed by atoms with Gasteiger partial charge in [0.2, 0.25) is 0 Å². The summed E-state index contributed by atoms with van der Waals surface area (Å²) in [5.41, 5.74) is 5.50. The number of phenols is 1. The SMILES string of the molecule is CCC(CC)(CN)NC(=O)c1cc(OC)ccc1O. The first kappa shape index (κ1) is 15.3. The molecule has 5 nitrogen and oxygen atoms in total. The Bertz CT molecular complexity index is 434. The Morgan fingerprint density at radius 3 is 2.53 bits per heavy atom. The fraction of sp³-hybridized carbons (Fsp3) is 0.500. The van der Waals surface area contributed by atoms with Gasteiger partial charge in [0.1, 0.15) is 11.5 Å². The zero-order valence-electron chi connectivity index (χ0n) is 11.7. The van der Waals surface area contributed by atoms with E-state index in [1.165, 1.54) is 19.2 Å². The van der Waals surface area contributed by atoms with Gasteiger partial charge in [-0.15, -0.1) is 0 Å². The third kappa shape index (κ3) is 3.38. The van der Waals surface area contributed by atoms with Crippen molar-refractivity contribution in [1.82, 2.24) is 5.32 Å². The lowest BCUT2D eigenvalue weighted by Gasteiger charge is -2.31. The van der Waals surface area contributed by atoms with E-state index in [4.69, 9.17) is 10.5 Å². The van der Waals surface area contributed by atoms with Gasteiger partial charge >= 0.3 is 0 Å². The number of aromatic hydroxyl groups is 1. The number of benzene rings is 1. The number of carbonyl (C=O) groups excluding carboxylic acids is 1. The molecule has 4 N–H and O–H groups in total. The fourth-order valence-electron chi connectivity index (χ4n) is 1.90. The Hall–Kier alpha value is -1.75. The summed E-state index contributed by atoms with van der Waals surface area (Å²) in [6.07, 6.45) is 1.47. The van der Waals surface area contributed by atoms with Crippen LogP contribution in [-0.4, -0.2) is 30.2 Å². The summed E-state index contributed by atoms with van der Waals surface area (Å²) in [5, 5.41) is 12.7. The van der Waals surface area contributed by atoms with E-state index in [0.29, 0.717) is 12.3 Å². The number of hydrogen-bond acceptors (Lipinski definition) is 4. The molecular weight excluding hydrogens is 244 g/mol. The first-order valence-electron chi connectivity index (χ1n) is 6.41. The van der Waals surface area contributed by atoms with E-state index in [-0.39, 0.29) is 17.2 Å². The number of ether oxygens (including phenoxy) is 1. The molecule has 0 spiro atoms. The smallest absolute Gasteiger partial charge is 0.255 e. The van der Waals surface area contributed by atoms with Gasteiger partial charge in [-0.05, 0) is 31.0 Å². The van der Waals surface area contributed by atoms with Crippen LogP contribution in [0, 0.1) is 0 Å². The summed E-state index contributed by atoms with van der Waals surface area (Å²) in [6.45, 7) is 4.31. The minimum absolute atomic E-state index is 0.0728. The van der Waals surface area contributed by atoms with Crippen LogP contribution in [0.5, 0.6) is 11.5 Å². The van der Waals surface area contributed by atoms with E-state index in [0.717, 1.165) is 12.8 Å². The highest BCUT2D eigenvalue weighted by Gasteiger charge is 2.27. The minimum atomic E-state index is -0.438. The molecule has 0 radical (unpaired) electrons. The van der Waals surface area contributed by atoms with Crippen molar-refractivity contribution in [3.63, 3.8) is 0 Å². The predicted molar refractivity (Wildman–Crippen MR) is 74.5 cm³/mol. The predicted octanol–water partition coefficient (Wildman–Crippen LogP) is 1.65. The van der Waals surface area contributed by atoms with Gasteiger partial charge in [0.25, 0.3) is 5.91 Å². The average Bonchev–Trinajstić information content (AvgIpc) is 2.45. The van der Waals surface area contributed by atoms with Crippen LogP contribution < -0.4 is 15.8 Å². The molecule has 1 amide bonds. The van der Waals surface area contributed by atoms with Crippen LogP contribution in [0.4, 0.5) is 0 Å². The lowest BCUT2D eigenvalue weighted by Crippen LogP contribution is -2.52. The molecule has 1 aromatic carbocycles. The van der Waals surface area contributed by atoms with Crippen molar-refractivity contribution in [1.29, 1.82) is 0 Å². The van der Waals surface area contributed by atoms with Gasteiger partial charge in [-0.25, -0.2) is 0 Å². The highest BCUT2D eigenvalue weighted by Crippen LogP contribution is 2.24. The molecule has 0 aliphatic heterocycles. The van der Waals surface area contributed by atoms with Gasteiger partial charge in [-0.1, -0.05) is 13.8 Å². The Balaban J connectivity index is 3.00. The molecule has 0 aliphatic carbocycles. The van der Waals surface area contributed by atoms with Crippen molar-refractivity contribution in [2.24, 2.45) is 5.73 Å². The molecule has 0 bridgehead atoms. The Morgan fingerprint density at radius 1 is 1.42 bits per heavy atom. The van der Waals surface area contributed by atoms with E-state index >= 15 is 0 Å². The summed E-state index contributed by atoms with van der Waals surface area (Å²) >= 11 is 0. The number of amides is 1. The molecule has 0 fully saturated rings. The third-order valence-corrected chi connectivity index (χ3v) is 3.57. The van der Waals surface area contributed by atoms with Crippen LogP contribution in [0.25, 0.3) is 0 Å². The summed E-state index contributed by atoms with van der Waals surface area (Å²) in [5.74, 6) is 0.108. The number of phenolic OH excluding ortho intramolecular Hbond substituents is 1. The van der Waals surface area contributed by atoms with Crippen molar-refractivity contribution in [2.75, 3.05) is 13.7 Å². The van der Waals surface area contributed by atoms with E-state index < -0.39 is 5.54 Å². The van der Waals surface area contributed by atoms with Crippen LogP contribution in [-0.2, 0) is 0 Å². The maximum absolute atomic E-state index is 12.2. The maximum atomic E-state index is 12.2. The molecule has 1 rings (SSSR count). The van der Waals surface area contributed by atoms with Crippen molar-refractivity contribution in [3.05, 3.63) is 23.8 Å². The van der Waals surface area contributed by atoms with Gasteiger partial charge in [0.05, 0.1) is 18.2 Å². The normalized spacial score (nSPS) is 11.2. The topological polar surface area (TPSA) is 84.6 Å². The molecule has 0 aliphatic rings. The van der Waals surface area contributed by atoms with Crippen LogP contribution in [0.3, 0.4) is 0 Å². The third-order valence-electron chi connectivity index (χ3n) is 3.57. The van der Waals surface area contributed by atoms with E-state index in [2.05, 4.69) is 5.32 Å². The number of carbonyl (C=O) groups is 1. The van der Waals surface area contributed by atoms with Gasteiger partial charge in [0.15, 0.2) is 0 Å². The van der Waals surface area contributed by atoms with E-state index in [9.17, 15) is 9.90 Å². The molecule has 0 aromatic heterocycles. The average molecular weight is 266 g/mol. The molecule has 1 aromatic rings. The van der Waals surface area contributed by atoms with Crippen LogP contribution in [0.2, 0.25) is 0 Å². The molecule has 0 atom stereocenters. The van der Waals surface area contributed by atoms with Crippen LogP contribution >= 0.6 is 0 Å². The minimum Gasteiger partial charge on any atom is -0.507 e. The maximum Gasteiger partial charge on any atom is 0.255 e. The van der Waals surface area contributed by atoms with Gasteiger partial charge < -0.3 is 20.9 Å². The van der Waals surface area contributed by atoms with Crippen LogP contribution in [0.1, 0.15) is 37.0 Å². The zero-order valence-corrected chi connectivity index (χ0v) is 11.7. The highest BCUT2D eigenvalue weighted by molar-refractivity contribution is 5.97. The second kappa shape index (κ2) is 6.43. The second-order valence-electron chi connectivity index (χ2n) is 4.53. The lowest BCUT2D eigenvalue weighted by molar-refractivity contribution is 0.0892. The fourth-order valence-corrected chi connectivity index (χ4v) is 1.90. The molecule has 5 heteroatoms. The number of nitrogens with one attached hydrogen (secondary N) is 1. The van der Waals surface area contributed by atoms with Crippen molar-refractivity contribution >= 4 is 5.91 Å². The highest BCUT2D eigenvalue weighted by atomic mass is 16.5. The largest absolute Gasteiger partial charge is 0.507 e. The van der Waals surface area contributed by atoms with Gasteiger partial charge in [-0.3, -0.25) is 4.79 Å². The first-order chi connectivity index (χ1) is 9.01. The first-order valence-corrected chi connectivity index (χ1v) is 6.41.